The second-order valence-electron chi connectivity index (χ2n) is 3.84. The summed E-state index contributed by atoms with van der Waals surface area (Å²) in [6, 6.07) is 0. The van der Waals surface area contributed by atoms with Gasteiger partial charge in [0.05, 0.1) is 5.92 Å². The van der Waals surface area contributed by atoms with Gasteiger partial charge in [-0.05, 0) is 18.8 Å². The third kappa shape index (κ3) is 0.522. The minimum absolute atomic E-state index is 0.0683. The molecule has 1 heterocycles. The standard InChI is InChI=1S/C8H9FO2/c9-7-3-1-4-6(7)5(2-3)11-8(4)10/h3-7H,1-2H2/t3-,4-,5+,6+,7+/m0/s1. The summed E-state index contributed by atoms with van der Waals surface area (Å²) in [7, 11) is 0. The second-order valence-corrected chi connectivity index (χ2v) is 3.84. The normalized spacial score (nSPS) is 58.6. The fourth-order valence-electron chi connectivity index (χ4n) is 2.91. The van der Waals surface area contributed by atoms with Gasteiger partial charge in [-0.15, -0.1) is 0 Å². The molecular formula is C8H9FO2. The zero-order valence-corrected chi connectivity index (χ0v) is 6.00. The summed E-state index contributed by atoms with van der Waals surface area (Å²) in [5.41, 5.74) is 0. The van der Waals surface area contributed by atoms with Crippen molar-refractivity contribution in [2.24, 2.45) is 17.8 Å². The van der Waals surface area contributed by atoms with Crippen molar-refractivity contribution in [2.75, 3.05) is 0 Å². The van der Waals surface area contributed by atoms with Crippen molar-refractivity contribution in [1.29, 1.82) is 0 Å². The molecule has 1 saturated heterocycles. The van der Waals surface area contributed by atoms with Gasteiger partial charge in [0.15, 0.2) is 0 Å². The first-order chi connectivity index (χ1) is 5.27. The highest BCUT2D eigenvalue weighted by atomic mass is 19.1. The second kappa shape index (κ2) is 1.59. The molecule has 0 N–H and O–H groups in total. The van der Waals surface area contributed by atoms with Crippen LogP contribution in [0.4, 0.5) is 4.39 Å². The number of hydrogen-bond donors (Lipinski definition) is 0. The largest absolute Gasteiger partial charge is 0.462 e. The summed E-state index contributed by atoms with van der Waals surface area (Å²) >= 11 is 0. The van der Waals surface area contributed by atoms with Crippen molar-refractivity contribution < 1.29 is 13.9 Å². The molecule has 0 amide bonds. The predicted molar refractivity (Wildman–Crippen MR) is 34.5 cm³/mol. The highest BCUT2D eigenvalue weighted by Gasteiger charge is 2.62. The highest BCUT2D eigenvalue weighted by Crippen LogP contribution is 2.55. The molecule has 0 radical (unpaired) electrons. The van der Waals surface area contributed by atoms with Gasteiger partial charge in [-0.2, -0.15) is 0 Å². The minimum Gasteiger partial charge on any atom is -0.462 e. The lowest BCUT2D eigenvalue weighted by Gasteiger charge is -2.10. The molecule has 3 rings (SSSR count). The zero-order valence-electron chi connectivity index (χ0n) is 6.00. The lowest BCUT2D eigenvalue weighted by Crippen LogP contribution is -2.18. The summed E-state index contributed by atoms with van der Waals surface area (Å²) in [6.45, 7) is 0. The van der Waals surface area contributed by atoms with Crippen LogP contribution in [0.5, 0.6) is 0 Å². The van der Waals surface area contributed by atoms with Crippen molar-refractivity contribution in [3.63, 3.8) is 0 Å². The minimum atomic E-state index is -0.753. The first kappa shape index (κ1) is 5.98. The van der Waals surface area contributed by atoms with Gasteiger partial charge in [-0.25, -0.2) is 4.39 Å². The number of alkyl halides is 1. The molecule has 3 fully saturated rings. The summed E-state index contributed by atoms with van der Waals surface area (Å²) in [6.07, 6.45) is 0.688. The lowest BCUT2D eigenvalue weighted by atomic mass is 9.90. The van der Waals surface area contributed by atoms with Crippen LogP contribution in [0.1, 0.15) is 12.8 Å². The summed E-state index contributed by atoms with van der Waals surface area (Å²) < 4.78 is 18.3. The van der Waals surface area contributed by atoms with Gasteiger partial charge in [0.2, 0.25) is 0 Å². The maximum atomic E-state index is 13.3. The van der Waals surface area contributed by atoms with Crippen LogP contribution in [0.3, 0.4) is 0 Å². The van der Waals surface area contributed by atoms with Crippen LogP contribution in [0, 0.1) is 17.8 Å². The Morgan fingerprint density at radius 2 is 2.27 bits per heavy atom. The van der Waals surface area contributed by atoms with E-state index in [0.29, 0.717) is 0 Å². The van der Waals surface area contributed by atoms with E-state index in [2.05, 4.69) is 0 Å². The number of rotatable bonds is 0. The molecule has 0 unspecified atom stereocenters. The van der Waals surface area contributed by atoms with Gasteiger partial charge < -0.3 is 4.74 Å². The van der Waals surface area contributed by atoms with E-state index in [0.717, 1.165) is 12.8 Å². The van der Waals surface area contributed by atoms with E-state index in [1.807, 2.05) is 0 Å². The van der Waals surface area contributed by atoms with E-state index in [-0.39, 0.29) is 29.8 Å². The van der Waals surface area contributed by atoms with E-state index in [1.54, 1.807) is 0 Å². The van der Waals surface area contributed by atoms with Gasteiger partial charge in [0.25, 0.3) is 0 Å². The van der Waals surface area contributed by atoms with Crippen molar-refractivity contribution in [3.8, 4) is 0 Å². The van der Waals surface area contributed by atoms with Crippen molar-refractivity contribution >= 4 is 5.97 Å². The number of esters is 1. The molecule has 60 valence electrons. The van der Waals surface area contributed by atoms with Gasteiger partial charge in [-0.3, -0.25) is 4.79 Å². The van der Waals surface area contributed by atoms with Gasteiger partial charge in [-0.1, -0.05) is 0 Å². The maximum Gasteiger partial charge on any atom is 0.309 e. The maximum absolute atomic E-state index is 13.3. The van der Waals surface area contributed by atoms with Crippen LogP contribution in [0.25, 0.3) is 0 Å². The number of halogens is 1. The summed E-state index contributed by atoms with van der Waals surface area (Å²) in [4.78, 5) is 11.0. The fraction of sp³-hybridized carbons (Fsp3) is 0.875. The van der Waals surface area contributed by atoms with Crippen LogP contribution in [-0.2, 0) is 9.53 Å². The molecule has 2 bridgehead atoms. The molecule has 0 aromatic carbocycles. The van der Waals surface area contributed by atoms with Gasteiger partial charge in [0, 0.05) is 5.92 Å². The summed E-state index contributed by atoms with van der Waals surface area (Å²) in [5, 5.41) is 0. The molecule has 5 atom stereocenters. The molecule has 2 nitrogen and oxygen atoms in total. The lowest BCUT2D eigenvalue weighted by molar-refractivity contribution is -0.143. The topological polar surface area (TPSA) is 26.3 Å². The number of hydrogen-bond acceptors (Lipinski definition) is 2. The SMILES string of the molecule is O=C1O[C@@H]2C[C@@H]3C[C@H]1[C@H]2[C@@H]3F. The Bertz CT molecular complexity index is 228. The third-order valence-electron chi connectivity index (χ3n) is 3.37. The molecule has 0 spiro atoms. The Hall–Kier alpha value is -0.600. The monoisotopic (exact) mass is 156 g/mol. The van der Waals surface area contributed by atoms with E-state index in [1.165, 1.54) is 0 Å². The van der Waals surface area contributed by atoms with Crippen molar-refractivity contribution in [1.82, 2.24) is 0 Å². The van der Waals surface area contributed by atoms with Crippen LogP contribution in [-0.4, -0.2) is 18.2 Å². The van der Waals surface area contributed by atoms with E-state index >= 15 is 0 Å². The number of carbonyl (C=O) groups is 1. The number of fused-ring (bicyclic) bond motifs is 1. The van der Waals surface area contributed by atoms with Crippen molar-refractivity contribution in [2.45, 2.75) is 25.1 Å². The Kier molecular flexibility index (Phi) is 0.866. The highest BCUT2D eigenvalue weighted by molar-refractivity contribution is 5.76. The Labute approximate surface area is 63.7 Å². The van der Waals surface area contributed by atoms with E-state index in [9.17, 15) is 9.18 Å². The molecule has 2 saturated carbocycles. The van der Waals surface area contributed by atoms with Gasteiger partial charge in [0.1, 0.15) is 12.3 Å². The smallest absolute Gasteiger partial charge is 0.309 e. The molecule has 11 heavy (non-hydrogen) atoms. The zero-order chi connectivity index (χ0) is 7.59. The van der Waals surface area contributed by atoms with Crippen LogP contribution in [0.2, 0.25) is 0 Å². The average Bonchev–Trinajstić information content (AvgIpc) is 2.47. The number of carbonyl (C=O) groups excluding carboxylic acids is 1. The third-order valence-corrected chi connectivity index (χ3v) is 3.37. The van der Waals surface area contributed by atoms with Crippen LogP contribution in [0.15, 0.2) is 0 Å². The van der Waals surface area contributed by atoms with Gasteiger partial charge >= 0.3 is 5.97 Å². The molecule has 2 aliphatic carbocycles. The molecule has 0 aromatic heterocycles. The Balaban J connectivity index is 2.05. The molecule has 1 aliphatic heterocycles. The molecule has 0 aromatic rings. The van der Waals surface area contributed by atoms with Crippen LogP contribution < -0.4 is 0 Å². The number of ether oxygens (including phenoxy) is 1. The first-order valence-electron chi connectivity index (χ1n) is 4.12. The predicted octanol–water partition coefficient (Wildman–Crippen LogP) is 0.906. The molecule has 3 aliphatic rings. The molecule has 3 heteroatoms. The average molecular weight is 156 g/mol. The van der Waals surface area contributed by atoms with Crippen molar-refractivity contribution in [3.05, 3.63) is 0 Å². The Morgan fingerprint density at radius 3 is 2.82 bits per heavy atom. The quantitative estimate of drug-likeness (QED) is 0.487. The molecular weight excluding hydrogens is 147 g/mol. The Morgan fingerprint density at radius 1 is 1.45 bits per heavy atom. The fourth-order valence-corrected chi connectivity index (χ4v) is 2.91. The van der Waals surface area contributed by atoms with Crippen LogP contribution >= 0.6 is 0 Å². The first-order valence-corrected chi connectivity index (χ1v) is 4.12. The van der Waals surface area contributed by atoms with E-state index in [4.69, 9.17) is 4.74 Å². The summed E-state index contributed by atoms with van der Waals surface area (Å²) in [5.74, 6) is -0.189. The van der Waals surface area contributed by atoms with E-state index < -0.39 is 6.17 Å².